The highest BCUT2D eigenvalue weighted by molar-refractivity contribution is 5.67. The molecule has 1 aromatic carbocycles. The molecular weight excluding hydrogens is 250 g/mol. The van der Waals surface area contributed by atoms with E-state index in [2.05, 4.69) is 4.40 Å². The maximum atomic E-state index is 5.74. The Bertz CT molecular complexity index is 716. The Morgan fingerprint density at radius 2 is 1.95 bits per heavy atom. The van der Waals surface area contributed by atoms with Crippen LogP contribution in [-0.4, -0.2) is 23.0 Å². The van der Waals surface area contributed by atoms with Gasteiger partial charge in [0.1, 0.15) is 11.4 Å². The van der Waals surface area contributed by atoms with Crippen molar-refractivity contribution in [2.75, 3.05) is 13.7 Å². The summed E-state index contributed by atoms with van der Waals surface area (Å²) < 4.78 is 7.30. The summed E-state index contributed by atoms with van der Waals surface area (Å²) in [6.45, 7) is 0.603. The molecule has 3 rings (SSSR count). The number of hydrogen-bond acceptors (Lipinski definition) is 3. The van der Waals surface area contributed by atoms with Gasteiger partial charge < -0.3 is 14.9 Å². The van der Waals surface area contributed by atoms with Crippen molar-refractivity contribution in [3.8, 4) is 17.0 Å². The third-order valence-electron chi connectivity index (χ3n) is 3.37. The lowest BCUT2D eigenvalue weighted by Crippen LogP contribution is -2.06. The number of aromatic nitrogens is 2. The Hall–Kier alpha value is -2.33. The van der Waals surface area contributed by atoms with Crippen molar-refractivity contribution < 1.29 is 4.74 Å². The van der Waals surface area contributed by atoms with E-state index in [-0.39, 0.29) is 0 Å². The Balaban J connectivity index is 2.15. The van der Waals surface area contributed by atoms with Crippen LogP contribution >= 0.6 is 0 Å². The fourth-order valence-electron chi connectivity index (χ4n) is 2.40. The molecule has 4 heteroatoms. The third kappa shape index (κ3) is 2.14. The third-order valence-corrected chi connectivity index (χ3v) is 3.37. The molecular formula is C16H17N3O. The normalized spacial score (nSPS) is 10.9. The second-order valence-electron chi connectivity index (χ2n) is 4.60. The van der Waals surface area contributed by atoms with Gasteiger partial charge in [0, 0.05) is 18.2 Å². The number of ether oxygens (including phenoxy) is 1. The van der Waals surface area contributed by atoms with Crippen LogP contribution in [0.4, 0.5) is 0 Å². The topological polar surface area (TPSA) is 52.5 Å². The molecule has 0 aliphatic carbocycles. The van der Waals surface area contributed by atoms with E-state index in [4.69, 9.17) is 15.5 Å². The Kier molecular flexibility index (Phi) is 3.39. The first-order valence-electron chi connectivity index (χ1n) is 6.64. The van der Waals surface area contributed by atoms with Gasteiger partial charge in [0.05, 0.1) is 18.5 Å². The zero-order valence-corrected chi connectivity index (χ0v) is 11.4. The smallest absolute Gasteiger partial charge is 0.137 e. The van der Waals surface area contributed by atoms with Crippen molar-refractivity contribution in [1.29, 1.82) is 0 Å². The maximum Gasteiger partial charge on any atom is 0.137 e. The van der Waals surface area contributed by atoms with E-state index in [1.807, 2.05) is 48.7 Å². The maximum absolute atomic E-state index is 5.74. The highest BCUT2D eigenvalue weighted by atomic mass is 16.5. The summed E-state index contributed by atoms with van der Waals surface area (Å²) in [6, 6.07) is 14.0. The number of imidazole rings is 1. The predicted octanol–water partition coefficient (Wildman–Crippen LogP) is 2.51. The van der Waals surface area contributed by atoms with E-state index in [9.17, 15) is 0 Å². The van der Waals surface area contributed by atoms with Gasteiger partial charge in [-0.15, -0.1) is 0 Å². The number of nitrogens with zero attached hydrogens (tertiary/aromatic N) is 2. The fourth-order valence-corrected chi connectivity index (χ4v) is 2.40. The molecule has 4 nitrogen and oxygen atoms in total. The first-order valence-corrected chi connectivity index (χ1v) is 6.64. The van der Waals surface area contributed by atoms with Gasteiger partial charge in [-0.2, -0.15) is 0 Å². The Morgan fingerprint density at radius 3 is 2.65 bits per heavy atom. The number of pyridine rings is 1. The van der Waals surface area contributed by atoms with Crippen molar-refractivity contribution in [3.63, 3.8) is 0 Å². The summed E-state index contributed by atoms with van der Waals surface area (Å²) in [6.07, 6.45) is 2.83. The van der Waals surface area contributed by atoms with Crippen LogP contribution < -0.4 is 10.5 Å². The zero-order chi connectivity index (χ0) is 13.9. The lowest BCUT2D eigenvalue weighted by atomic mass is 10.1. The van der Waals surface area contributed by atoms with Crippen LogP contribution in [0, 0.1) is 0 Å². The molecule has 0 unspecified atom stereocenters. The molecule has 0 spiro atoms. The molecule has 0 atom stereocenters. The van der Waals surface area contributed by atoms with Gasteiger partial charge in [-0.25, -0.2) is 4.98 Å². The van der Waals surface area contributed by atoms with Crippen LogP contribution in [0.25, 0.3) is 16.9 Å². The van der Waals surface area contributed by atoms with Crippen LogP contribution in [0.5, 0.6) is 5.75 Å². The van der Waals surface area contributed by atoms with Crippen LogP contribution in [0.1, 0.15) is 5.69 Å². The number of hydrogen-bond donors (Lipinski definition) is 1. The van der Waals surface area contributed by atoms with Crippen LogP contribution in [0.15, 0.2) is 48.7 Å². The molecule has 0 saturated heterocycles. The van der Waals surface area contributed by atoms with Gasteiger partial charge in [0.15, 0.2) is 0 Å². The monoisotopic (exact) mass is 267 g/mol. The van der Waals surface area contributed by atoms with Gasteiger partial charge in [0.25, 0.3) is 0 Å². The second-order valence-corrected chi connectivity index (χ2v) is 4.60. The summed E-state index contributed by atoms with van der Waals surface area (Å²) in [5.74, 6) is 0.845. The SMILES string of the molecule is COc1ccc(-c2nc3ccccn3c2CCN)cc1. The first kappa shape index (κ1) is 12.7. The minimum Gasteiger partial charge on any atom is -0.497 e. The van der Waals surface area contributed by atoms with Gasteiger partial charge in [-0.1, -0.05) is 6.07 Å². The molecule has 0 saturated carbocycles. The minimum absolute atomic E-state index is 0.603. The van der Waals surface area contributed by atoms with E-state index in [0.29, 0.717) is 6.54 Å². The Morgan fingerprint density at radius 1 is 1.15 bits per heavy atom. The average molecular weight is 267 g/mol. The van der Waals surface area contributed by atoms with Crippen LogP contribution in [0.3, 0.4) is 0 Å². The zero-order valence-electron chi connectivity index (χ0n) is 11.4. The van der Waals surface area contributed by atoms with E-state index in [1.165, 1.54) is 0 Å². The highest BCUT2D eigenvalue weighted by Gasteiger charge is 2.12. The van der Waals surface area contributed by atoms with Crippen LogP contribution in [0.2, 0.25) is 0 Å². The number of nitrogens with two attached hydrogens (primary N) is 1. The van der Waals surface area contributed by atoms with E-state index in [0.717, 1.165) is 34.8 Å². The molecule has 3 aromatic rings. The average Bonchev–Trinajstić information content (AvgIpc) is 2.87. The minimum atomic E-state index is 0.603. The second kappa shape index (κ2) is 5.35. The highest BCUT2D eigenvalue weighted by Crippen LogP contribution is 2.26. The van der Waals surface area contributed by atoms with E-state index >= 15 is 0 Å². The summed E-state index contributed by atoms with van der Waals surface area (Å²) in [5.41, 5.74) is 9.91. The fraction of sp³-hybridized carbons (Fsp3) is 0.188. The molecule has 0 radical (unpaired) electrons. The number of fused-ring (bicyclic) bond motifs is 1. The summed E-state index contributed by atoms with van der Waals surface area (Å²) in [5, 5.41) is 0. The molecule has 0 aliphatic rings. The van der Waals surface area contributed by atoms with E-state index in [1.54, 1.807) is 7.11 Å². The number of methoxy groups -OCH3 is 1. The summed E-state index contributed by atoms with van der Waals surface area (Å²) in [4.78, 5) is 4.72. The lowest BCUT2D eigenvalue weighted by Gasteiger charge is -2.05. The number of rotatable bonds is 4. The van der Waals surface area contributed by atoms with Crippen molar-refractivity contribution in [1.82, 2.24) is 9.38 Å². The molecule has 2 heterocycles. The predicted molar refractivity (Wildman–Crippen MR) is 79.9 cm³/mol. The number of benzene rings is 1. The molecule has 0 fully saturated rings. The van der Waals surface area contributed by atoms with Gasteiger partial charge >= 0.3 is 0 Å². The van der Waals surface area contributed by atoms with Crippen molar-refractivity contribution >= 4 is 5.65 Å². The molecule has 0 amide bonds. The Labute approximate surface area is 117 Å². The van der Waals surface area contributed by atoms with Gasteiger partial charge in [-0.3, -0.25) is 0 Å². The largest absolute Gasteiger partial charge is 0.497 e. The van der Waals surface area contributed by atoms with E-state index < -0.39 is 0 Å². The standard InChI is InChI=1S/C16H17N3O/c1-20-13-7-5-12(6-8-13)16-14(9-10-17)19-11-3-2-4-15(19)18-16/h2-8,11H,9-10,17H2,1H3. The van der Waals surface area contributed by atoms with Crippen molar-refractivity contribution in [3.05, 3.63) is 54.4 Å². The molecule has 20 heavy (non-hydrogen) atoms. The molecule has 2 aromatic heterocycles. The quantitative estimate of drug-likeness (QED) is 0.790. The summed E-state index contributed by atoms with van der Waals surface area (Å²) in [7, 11) is 1.67. The molecule has 0 bridgehead atoms. The molecule has 2 N–H and O–H groups in total. The molecule has 102 valence electrons. The van der Waals surface area contributed by atoms with Crippen LogP contribution in [-0.2, 0) is 6.42 Å². The lowest BCUT2D eigenvalue weighted by molar-refractivity contribution is 0.415. The van der Waals surface area contributed by atoms with Gasteiger partial charge in [0.2, 0.25) is 0 Å². The van der Waals surface area contributed by atoms with Crippen molar-refractivity contribution in [2.24, 2.45) is 5.73 Å². The van der Waals surface area contributed by atoms with Gasteiger partial charge in [-0.05, 0) is 42.9 Å². The molecule has 0 aliphatic heterocycles. The van der Waals surface area contributed by atoms with Crippen molar-refractivity contribution in [2.45, 2.75) is 6.42 Å². The summed E-state index contributed by atoms with van der Waals surface area (Å²) >= 11 is 0. The first-order chi connectivity index (χ1) is 9.83.